The van der Waals surface area contributed by atoms with E-state index in [4.69, 9.17) is 14.9 Å². The second-order valence-electron chi connectivity index (χ2n) is 5.59. The minimum absolute atomic E-state index is 0.0528. The maximum absolute atomic E-state index is 11.9. The van der Waals surface area contributed by atoms with Crippen molar-refractivity contribution < 1.29 is 39.5 Å². The molecule has 0 atom stereocenters. The molecule has 10 heteroatoms. The molecule has 0 radical (unpaired) electrons. The SMILES string of the molecule is O=C(CCC(=O)Nc1ccc(C(=O)O)c(O)c1)Nc1ccc(OCO)c(O)c1. The van der Waals surface area contributed by atoms with Crippen LogP contribution in [0.1, 0.15) is 23.2 Å². The molecule has 2 amide bonds. The highest BCUT2D eigenvalue weighted by Gasteiger charge is 2.12. The van der Waals surface area contributed by atoms with Gasteiger partial charge in [0.15, 0.2) is 18.3 Å². The van der Waals surface area contributed by atoms with E-state index in [1.807, 2.05) is 0 Å². The van der Waals surface area contributed by atoms with Gasteiger partial charge in [-0.15, -0.1) is 0 Å². The standard InChI is InChI=1S/C18H18N2O8/c21-9-28-15-4-2-11(8-14(15)23)20-17(25)6-5-16(24)19-10-1-3-12(18(26)27)13(22)7-10/h1-4,7-8,21-23H,5-6,9H2,(H,19,24)(H,20,25)(H,26,27). The minimum atomic E-state index is -1.30. The number of amides is 2. The molecule has 2 aromatic rings. The average Bonchev–Trinajstić information content (AvgIpc) is 2.62. The highest BCUT2D eigenvalue weighted by Crippen LogP contribution is 2.29. The van der Waals surface area contributed by atoms with Gasteiger partial charge in [-0.25, -0.2) is 4.79 Å². The van der Waals surface area contributed by atoms with Crippen LogP contribution < -0.4 is 15.4 Å². The van der Waals surface area contributed by atoms with E-state index in [1.54, 1.807) is 0 Å². The van der Waals surface area contributed by atoms with Gasteiger partial charge in [0.25, 0.3) is 0 Å². The number of aromatic carboxylic acids is 1. The van der Waals surface area contributed by atoms with Gasteiger partial charge < -0.3 is 35.8 Å². The van der Waals surface area contributed by atoms with E-state index in [0.717, 1.165) is 12.1 Å². The van der Waals surface area contributed by atoms with Crippen molar-refractivity contribution in [1.82, 2.24) is 0 Å². The van der Waals surface area contributed by atoms with E-state index in [1.165, 1.54) is 24.3 Å². The van der Waals surface area contributed by atoms with Crippen LogP contribution in [-0.4, -0.2) is 45.0 Å². The molecule has 0 spiro atoms. The fourth-order valence-electron chi connectivity index (χ4n) is 2.25. The van der Waals surface area contributed by atoms with Crippen molar-refractivity contribution in [2.75, 3.05) is 17.4 Å². The summed E-state index contributed by atoms with van der Waals surface area (Å²) in [6, 6.07) is 7.61. The van der Waals surface area contributed by atoms with Crippen molar-refractivity contribution in [2.45, 2.75) is 12.8 Å². The van der Waals surface area contributed by atoms with Crippen LogP contribution in [0.15, 0.2) is 36.4 Å². The molecular formula is C18H18N2O8. The van der Waals surface area contributed by atoms with Gasteiger partial charge in [-0.3, -0.25) is 9.59 Å². The largest absolute Gasteiger partial charge is 0.507 e. The van der Waals surface area contributed by atoms with Crippen LogP contribution >= 0.6 is 0 Å². The van der Waals surface area contributed by atoms with Gasteiger partial charge in [0, 0.05) is 36.3 Å². The number of hydrogen-bond donors (Lipinski definition) is 6. The summed E-state index contributed by atoms with van der Waals surface area (Å²) in [4.78, 5) is 34.6. The smallest absolute Gasteiger partial charge is 0.339 e. The molecule has 148 valence electrons. The van der Waals surface area contributed by atoms with Crippen LogP contribution in [0.5, 0.6) is 17.2 Å². The lowest BCUT2D eigenvalue weighted by atomic mass is 10.1. The lowest BCUT2D eigenvalue weighted by molar-refractivity contribution is -0.121. The summed E-state index contributed by atoms with van der Waals surface area (Å²) in [6.07, 6.45) is -0.314. The van der Waals surface area contributed by atoms with Crippen LogP contribution in [0.25, 0.3) is 0 Å². The molecular weight excluding hydrogens is 372 g/mol. The zero-order chi connectivity index (χ0) is 20.7. The lowest BCUT2D eigenvalue weighted by Crippen LogP contribution is -2.17. The van der Waals surface area contributed by atoms with Crippen molar-refractivity contribution in [3.05, 3.63) is 42.0 Å². The van der Waals surface area contributed by atoms with Crippen molar-refractivity contribution in [3.63, 3.8) is 0 Å². The fraction of sp³-hybridized carbons (Fsp3) is 0.167. The Labute approximate surface area is 159 Å². The number of ether oxygens (including phenoxy) is 1. The fourth-order valence-corrected chi connectivity index (χ4v) is 2.25. The molecule has 0 aliphatic rings. The first kappa shape index (κ1) is 20.5. The molecule has 0 unspecified atom stereocenters. The quantitative estimate of drug-likeness (QED) is 0.369. The Morgan fingerprint density at radius 2 is 1.39 bits per heavy atom. The second-order valence-corrected chi connectivity index (χ2v) is 5.59. The topological polar surface area (TPSA) is 165 Å². The summed E-state index contributed by atoms with van der Waals surface area (Å²) in [5.74, 6) is -2.99. The summed E-state index contributed by atoms with van der Waals surface area (Å²) in [7, 11) is 0. The summed E-state index contributed by atoms with van der Waals surface area (Å²) in [5, 5.41) is 41.7. The number of carbonyl (C=O) groups is 3. The predicted octanol–water partition coefficient (Wildman–Crippen LogP) is 1.48. The molecule has 0 bridgehead atoms. The number of carboxylic acids is 1. The highest BCUT2D eigenvalue weighted by molar-refractivity contribution is 5.98. The third-order valence-corrected chi connectivity index (χ3v) is 3.55. The molecule has 0 fully saturated rings. The van der Waals surface area contributed by atoms with Crippen molar-refractivity contribution in [2.24, 2.45) is 0 Å². The zero-order valence-corrected chi connectivity index (χ0v) is 14.5. The molecule has 2 aromatic carbocycles. The number of nitrogens with one attached hydrogen (secondary N) is 2. The minimum Gasteiger partial charge on any atom is -0.507 e. The molecule has 10 nitrogen and oxygen atoms in total. The number of benzene rings is 2. The zero-order valence-electron chi connectivity index (χ0n) is 14.5. The summed E-state index contributed by atoms with van der Waals surface area (Å²) >= 11 is 0. The van der Waals surface area contributed by atoms with Gasteiger partial charge in [-0.05, 0) is 24.3 Å². The van der Waals surface area contributed by atoms with Crippen LogP contribution in [0.4, 0.5) is 11.4 Å². The number of phenolic OH excluding ortho intramolecular Hbond substituents is 1. The lowest BCUT2D eigenvalue weighted by Gasteiger charge is -2.09. The molecule has 6 N–H and O–H groups in total. The van der Waals surface area contributed by atoms with Crippen LogP contribution in [-0.2, 0) is 9.59 Å². The number of phenols is 2. The summed E-state index contributed by atoms with van der Waals surface area (Å²) < 4.78 is 4.75. The number of aliphatic hydroxyl groups excluding tert-OH is 1. The number of rotatable bonds is 8. The van der Waals surface area contributed by atoms with Crippen LogP contribution in [0.3, 0.4) is 0 Å². The molecule has 0 saturated heterocycles. The Morgan fingerprint density at radius 1 is 0.857 bits per heavy atom. The number of carboxylic acid groups (broad SMARTS) is 1. The molecule has 0 saturated carbocycles. The molecule has 28 heavy (non-hydrogen) atoms. The van der Waals surface area contributed by atoms with Crippen molar-refractivity contribution in [1.29, 1.82) is 0 Å². The first-order valence-electron chi connectivity index (χ1n) is 8.03. The number of carbonyl (C=O) groups excluding carboxylic acids is 2. The van der Waals surface area contributed by atoms with Gasteiger partial charge in [0.05, 0.1) is 0 Å². The Morgan fingerprint density at radius 3 is 1.86 bits per heavy atom. The number of hydrogen-bond acceptors (Lipinski definition) is 7. The van der Waals surface area contributed by atoms with Gasteiger partial charge >= 0.3 is 5.97 Å². The Hall–Kier alpha value is -3.79. The molecule has 2 rings (SSSR count). The number of aliphatic hydroxyl groups is 1. The van der Waals surface area contributed by atoms with Crippen LogP contribution in [0.2, 0.25) is 0 Å². The van der Waals surface area contributed by atoms with E-state index < -0.39 is 30.3 Å². The maximum atomic E-state index is 11.9. The van der Waals surface area contributed by atoms with E-state index >= 15 is 0 Å². The molecule has 0 aliphatic carbocycles. The summed E-state index contributed by atoms with van der Waals surface area (Å²) in [6.45, 7) is -0.606. The van der Waals surface area contributed by atoms with Gasteiger partial charge in [0.1, 0.15) is 11.3 Å². The third kappa shape index (κ3) is 5.61. The van der Waals surface area contributed by atoms with E-state index in [2.05, 4.69) is 10.6 Å². The Kier molecular flexibility index (Phi) is 6.77. The molecule has 0 heterocycles. The van der Waals surface area contributed by atoms with Gasteiger partial charge in [-0.1, -0.05) is 0 Å². The van der Waals surface area contributed by atoms with Crippen LogP contribution in [0, 0.1) is 0 Å². The van der Waals surface area contributed by atoms with E-state index in [9.17, 15) is 24.6 Å². The van der Waals surface area contributed by atoms with Gasteiger partial charge in [-0.2, -0.15) is 0 Å². The first-order valence-corrected chi connectivity index (χ1v) is 8.03. The highest BCUT2D eigenvalue weighted by atomic mass is 16.6. The third-order valence-electron chi connectivity index (χ3n) is 3.55. The number of aromatic hydroxyl groups is 2. The predicted molar refractivity (Wildman–Crippen MR) is 97.4 cm³/mol. The van der Waals surface area contributed by atoms with Crippen molar-refractivity contribution in [3.8, 4) is 17.2 Å². The average molecular weight is 390 g/mol. The summed E-state index contributed by atoms with van der Waals surface area (Å²) in [5.41, 5.74) is 0.177. The Bertz CT molecular complexity index is 897. The first-order chi connectivity index (χ1) is 13.3. The number of anilines is 2. The maximum Gasteiger partial charge on any atom is 0.339 e. The van der Waals surface area contributed by atoms with E-state index in [0.29, 0.717) is 0 Å². The van der Waals surface area contributed by atoms with Crippen molar-refractivity contribution >= 4 is 29.2 Å². The molecule has 0 aliphatic heterocycles. The monoisotopic (exact) mass is 390 g/mol. The Balaban J connectivity index is 1.85. The van der Waals surface area contributed by atoms with E-state index in [-0.39, 0.29) is 41.3 Å². The normalized spacial score (nSPS) is 10.2. The molecule has 0 aromatic heterocycles. The second kappa shape index (κ2) is 9.24. The van der Waals surface area contributed by atoms with Gasteiger partial charge in [0.2, 0.25) is 11.8 Å².